The third kappa shape index (κ3) is 2.17. The number of hydrogen-bond acceptors (Lipinski definition) is 4. The van der Waals surface area contributed by atoms with E-state index in [1.54, 1.807) is 20.0 Å². The van der Waals surface area contributed by atoms with E-state index in [2.05, 4.69) is 15.0 Å². The second-order valence-electron chi connectivity index (χ2n) is 4.57. The van der Waals surface area contributed by atoms with Crippen LogP contribution in [-0.4, -0.2) is 19.5 Å². The summed E-state index contributed by atoms with van der Waals surface area (Å²) >= 11 is 5.75. The summed E-state index contributed by atoms with van der Waals surface area (Å²) in [6.07, 6.45) is 1.23. The Kier molecular flexibility index (Phi) is 3.17. The van der Waals surface area contributed by atoms with Gasteiger partial charge >= 0.3 is 0 Å². The van der Waals surface area contributed by atoms with Gasteiger partial charge < -0.3 is 0 Å². The maximum absolute atomic E-state index is 14.1. The third-order valence-electron chi connectivity index (χ3n) is 3.27. The Bertz CT molecular complexity index is 923. The van der Waals surface area contributed by atoms with Gasteiger partial charge in [0.15, 0.2) is 5.52 Å². The fourth-order valence-electron chi connectivity index (χ4n) is 2.06. The first-order valence-corrected chi connectivity index (χ1v) is 6.50. The highest BCUT2D eigenvalue weighted by Gasteiger charge is 2.16. The second-order valence-corrected chi connectivity index (χ2v) is 5.00. The van der Waals surface area contributed by atoms with Crippen LogP contribution in [0.2, 0.25) is 5.02 Å². The number of benzene rings is 1. The molecule has 21 heavy (non-hydrogen) atoms. The van der Waals surface area contributed by atoms with E-state index in [9.17, 15) is 9.18 Å². The van der Waals surface area contributed by atoms with Gasteiger partial charge in [-0.3, -0.25) is 9.36 Å². The SMILES string of the molecule is Cc1nc2c(-c3ccc(Cl)cc3F)ncnc2c(=O)n1C. The minimum atomic E-state index is -0.525. The van der Waals surface area contributed by atoms with Crippen LogP contribution >= 0.6 is 11.6 Å². The zero-order valence-corrected chi connectivity index (χ0v) is 12.0. The fraction of sp³-hybridized carbons (Fsp3) is 0.143. The van der Waals surface area contributed by atoms with Gasteiger partial charge in [-0.1, -0.05) is 11.6 Å². The molecule has 3 rings (SSSR count). The molecule has 2 heterocycles. The van der Waals surface area contributed by atoms with Crippen LogP contribution in [0.15, 0.2) is 29.3 Å². The van der Waals surface area contributed by atoms with Crippen molar-refractivity contribution in [1.82, 2.24) is 19.5 Å². The zero-order valence-electron chi connectivity index (χ0n) is 11.3. The summed E-state index contributed by atoms with van der Waals surface area (Å²) in [4.78, 5) is 24.5. The van der Waals surface area contributed by atoms with Crippen LogP contribution in [0.5, 0.6) is 0 Å². The molecule has 0 fully saturated rings. The van der Waals surface area contributed by atoms with Crippen molar-refractivity contribution >= 4 is 22.6 Å². The number of nitrogens with zero attached hydrogens (tertiary/aromatic N) is 4. The lowest BCUT2D eigenvalue weighted by Gasteiger charge is -2.08. The standard InChI is InChI=1S/C14H10ClFN4O/c1-7-19-12-11(9-4-3-8(15)5-10(9)16)17-6-18-13(12)14(21)20(7)2/h3-6H,1-2H3. The van der Waals surface area contributed by atoms with Gasteiger partial charge in [0.25, 0.3) is 5.56 Å². The molecule has 0 spiro atoms. The van der Waals surface area contributed by atoms with E-state index in [0.717, 1.165) is 0 Å². The largest absolute Gasteiger partial charge is 0.298 e. The molecule has 0 saturated heterocycles. The average Bonchev–Trinajstić information content (AvgIpc) is 2.45. The van der Waals surface area contributed by atoms with Crippen LogP contribution in [0.3, 0.4) is 0 Å². The van der Waals surface area contributed by atoms with Gasteiger partial charge in [-0.05, 0) is 25.1 Å². The van der Waals surface area contributed by atoms with E-state index in [1.165, 1.54) is 23.0 Å². The third-order valence-corrected chi connectivity index (χ3v) is 3.51. The van der Waals surface area contributed by atoms with Crippen molar-refractivity contribution in [3.8, 4) is 11.3 Å². The Hall–Kier alpha value is -2.34. The van der Waals surface area contributed by atoms with Gasteiger partial charge in [-0.2, -0.15) is 0 Å². The Morgan fingerprint density at radius 1 is 1.24 bits per heavy atom. The van der Waals surface area contributed by atoms with Crippen LogP contribution in [0.1, 0.15) is 5.82 Å². The molecule has 7 heteroatoms. The maximum atomic E-state index is 14.1. The monoisotopic (exact) mass is 304 g/mol. The summed E-state index contributed by atoms with van der Waals surface area (Å²) in [6.45, 7) is 1.69. The molecule has 0 unspecified atom stereocenters. The second kappa shape index (κ2) is 4.89. The first-order chi connectivity index (χ1) is 9.99. The van der Waals surface area contributed by atoms with Crippen LogP contribution in [0.4, 0.5) is 4.39 Å². The first-order valence-electron chi connectivity index (χ1n) is 6.13. The Morgan fingerprint density at radius 2 is 2.00 bits per heavy atom. The van der Waals surface area contributed by atoms with Gasteiger partial charge in [-0.25, -0.2) is 19.3 Å². The Morgan fingerprint density at radius 3 is 2.71 bits per heavy atom. The van der Waals surface area contributed by atoms with Gasteiger partial charge in [0, 0.05) is 17.6 Å². The van der Waals surface area contributed by atoms with E-state index in [0.29, 0.717) is 5.82 Å². The number of hydrogen-bond donors (Lipinski definition) is 0. The number of halogens is 2. The van der Waals surface area contributed by atoms with Crippen molar-refractivity contribution < 1.29 is 4.39 Å². The van der Waals surface area contributed by atoms with Crippen molar-refractivity contribution in [3.05, 3.63) is 51.5 Å². The molecule has 0 amide bonds. The van der Waals surface area contributed by atoms with Crippen LogP contribution in [-0.2, 0) is 7.05 Å². The molecule has 0 atom stereocenters. The van der Waals surface area contributed by atoms with Crippen molar-refractivity contribution in [2.75, 3.05) is 0 Å². The lowest BCUT2D eigenvalue weighted by atomic mass is 10.1. The van der Waals surface area contributed by atoms with Crippen LogP contribution < -0.4 is 5.56 Å². The molecule has 3 aromatic rings. The smallest absolute Gasteiger partial charge is 0.279 e. The van der Waals surface area contributed by atoms with Crippen LogP contribution in [0.25, 0.3) is 22.3 Å². The molecule has 0 aliphatic rings. The maximum Gasteiger partial charge on any atom is 0.279 e. The summed E-state index contributed by atoms with van der Waals surface area (Å²) in [5, 5.41) is 0.287. The molecule has 0 aliphatic carbocycles. The molecular weight excluding hydrogens is 295 g/mol. The summed E-state index contributed by atoms with van der Waals surface area (Å²) in [5.74, 6) is -0.0273. The molecule has 5 nitrogen and oxygen atoms in total. The van der Waals surface area contributed by atoms with Gasteiger partial charge in [-0.15, -0.1) is 0 Å². The molecule has 0 aliphatic heterocycles. The Balaban J connectivity index is 2.41. The highest BCUT2D eigenvalue weighted by molar-refractivity contribution is 6.30. The molecule has 0 radical (unpaired) electrons. The lowest BCUT2D eigenvalue weighted by Crippen LogP contribution is -2.22. The summed E-state index contributed by atoms with van der Waals surface area (Å²) in [6, 6.07) is 4.26. The van der Waals surface area contributed by atoms with E-state index in [4.69, 9.17) is 11.6 Å². The topological polar surface area (TPSA) is 60.7 Å². The fourth-order valence-corrected chi connectivity index (χ4v) is 2.22. The van der Waals surface area contributed by atoms with E-state index >= 15 is 0 Å². The number of fused-ring (bicyclic) bond motifs is 1. The van der Waals surface area contributed by atoms with Crippen molar-refractivity contribution in [1.29, 1.82) is 0 Å². The highest BCUT2D eigenvalue weighted by atomic mass is 35.5. The van der Waals surface area contributed by atoms with Crippen molar-refractivity contribution in [3.63, 3.8) is 0 Å². The summed E-state index contributed by atoms with van der Waals surface area (Å²) < 4.78 is 15.5. The number of rotatable bonds is 1. The predicted molar refractivity (Wildman–Crippen MR) is 77.7 cm³/mol. The summed E-state index contributed by atoms with van der Waals surface area (Å²) in [7, 11) is 1.61. The quantitative estimate of drug-likeness (QED) is 0.693. The van der Waals surface area contributed by atoms with Gasteiger partial charge in [0.2, 0.25) is 0 Å². The van der Waals surface area contributed by atoms with Crippen molar-refractivity contribution in [2.45, 2.75) is 6.92 Å². The van der Waals surface area contributed by atoms with Crippen LogP contribution in [0, 0.1) is 12.7 Å². The highest BCUT2D eigenvalue weighted by Crippen LogP contribution is 2.27. The van der Waals surface area contributed by atoms with E-state index in [1.807, 2.05) is 0 Å². The molecule has 0 N–H and O–H groups in total. The lowest BCUT2D eigenvalue weighted by molar-refractivity contribution is 0.631. The molecule has 0 bridgehead atoms. The van der Waals surface area contributed by atoms with E-state index in [-0.39, 0.29) is 32.9 Å². The van der Waals surface area contributed by atoms with Gasteiger partial charge in [0.05, 0.1) is 0 Å². The molecule has 106 valence electrons. The zero-order chi connectivity index (χ0) is 15.1. The minimum Gasteiger partial charge on any atom is -0.298 e. The summed E-state index contributed by atoms with van der Waals surface area (Å²) in [5.41, 5.74) is 0.638. The molecule has 2 aromatic heterocycles. The Labute approximate surface area is 124 Å². The van der Waals surface area contributed by atoms with Crippen molar-refractivity contribution in [2.24, 2.45) is 7.05 Å². The first kappa shape index (κ1) is 13.6. The molecule has 0 saturated carbocycles. The number of aryl methyl sites for hydroxylation is 1. The molecule has 1 aromatic carbocycles. The normalized spacial score (nSPS) is 11.0. The minimum absolute atomic E-state index is 0.155. The average molecular weight is 305 g/mol. The number of aromatic nitrogens is 4. The predicted octanol–water partition coefficient (Wildman–Crippen LogP) is 2.49. The van der Waals surface area contributed by atoms with E-state index < -0.39 is 5.82 Å². The molecular formula is C14H10ClFN4O. The van der Waals surface area contributed by atoms with Gasteiger partial charge in [0.1, 0.15) is 29.2 Å².